The maximum Gasteiger partial charge on any atom is 0.336 e. The number of hydrogen-bond acceptors (Lipinski definition) is 5. The Morgan fingerprint density at radius 3 is 2.22 bits per heavy atom. The number of carbonyl (C=O) groups is 1. The molecule has 1 rings (SSSR count). The first kappa shape index (κ1) is 24.6. The van der Waals surface area contributed by atoms with E-state index in [0.717, 1.165) is 12.8 Å². The Labute approximate surface area is 167 Å². The van der Waals surface area contributed by atoms with Crippen molar-refractivity contribution >= 4 is 14.3 Å². The molecule has 0 spiro atoms. The number of ether oxygens (including phenoxy) is 3. The molecule has 0 aliphatic carbocycles. The third kappa shape index (κ3) is 7.15. The van der Waals surface area contributed by atoms with E-state index in [9.17, 15) is 4.79 Å². The van der Waals surface area contributed by atoms with Gasteiger partial charge in [-0.05, 0) is 38.4 Å². The number of methoxy groups -OCH3 is 1. The highest BCUT2D eigenvalue weighted by Gasteiger charge is 2.51. The van der Waals surface area contributed by atoms with Crippen LogP contribution in [0, 0.1) is 0 Å². The molecule has 0 amide bonds. The van der Waals surface area contributed by atoms with Crippen molar-refractivity contribution in [1.29, 1.82) is 0 Å². The number of unbranched alkanes of at least 4 members (excludes halogenated alkanes) is 4. The minimum atomic E-state index is -2.18. The summed E-state index contributed by atoms with van der Waals surface area (Å²) in [5.74, 6) is -1.09. The lowest BCUT2D eigenvalue weighted by molar-refractivity contribution is -0.169. The second kappa shape index (κ2) is 9.86. The Bertz CT molecular complexity index is 470. The molecule has 160 valence electrons. The lowest BCUT2D eigenvalue weighted by atomic mass is 10.0. The van der Waals surface area contributed by atoms with Gasteiger partial charge in [0.15, 0.2) is 20.2 Å². The van der Waals surface area contributed by atoms with Crippen LogP contribution in [0.3, 0.4) is 0 Å². The highest BCUT2D eigenvalue weighted by molar-refractivity contribution is 6.74. The van der Waals surface area contributed by atoms with Crippen LogP contribution < -0.4 is 0 Å². The number of hydrogen-bond donors (Lipinski definition) is 0. The van der Waals surface area contributed by atoms with Gasteiger partial charge < -0.3 is 18.6 Å². The number of carbonyl (C=O) groups excluding carboxylic acids is 1. The minimum absolute atomic E-state index is 0.0100. The Balaban J connectivity index is 2.94. The Hall–Kier alpha value is -0.433. The normalized spacial score (nSPS) is 24.0. The SMILES string of the molecule is CCCCCCC[C@H]1OC(C)(C)O[C@@H]1[C@H](O[Si](C)(C)C(C)(C)C)C(=O)OC. The molecule has 0 aromatic heterocycles. The van der Waals surface area contributed by atoms with Gasteiger partial charge in [0.2, 0.25) is 0 Å². The zero-order chi connectivity index (χ0) is 20.9. The molecule has 6 heteroatoms. The van der Waals surface area contributed by atoms with Gasteiger partial charge in [0.25, 0.3) is 0 Å². The van der Waals surface area contributed by atoms with Crippen molar-refractivity contribution in [2.45, 2.75) is 122 Å². The third-order valence-electron chi connectivity index (χ3n) is 5.77. The van der Waals surface area contributed by atoms with Crippen molar-refractivity contribution in [1.82, 2.24) is 0 Å². The molecule has 0 N–H and O–H groups in total. The van der Waals surface area contributed by atoms with E-state index < -0.39 is 26.3 Å². The van der Waals surface area contributed by atoms with Gasteiger partial charge >= 0.3 is 5.97 Å². The molecular formula is C21H42O5Si. The van der Waals surface area contributed by atoms with Crippen LogP contribution in [0.4, 0.5) is 0 Å². The maximum absolute atomic E-state index is 12.6. The molecule has 0 aromatic carbocycles. The van der Waals surface area contributed by atoms with Gasteiger partial charge in [-0.2, -0.15) is 0 Å². The first-order chi connectivity index (χ1) is 12.3. The summed E-state index contributed by atoms with van der Waals surface area (Å²) in [5, 5.41) is -0.0100. The summed E-state index contributed by atoms with van der Waals surface area (Å²) < 4.78 is 23.9. The summed E-state index contributed by atoms with van der Waals surface area (Å²) in [6, 6.07) is 0. The standard InChI is InChI=1S/C21H42O5Si/c1-10-11-12-13-14-15-16-17(25-21(5,6)24-16)18(19(22)23-7)26-27(8,9)20(2,3)4/h16-18H,10-15H2,1-9H3/t16-,17+,18+/m1/s1. The van der Waals surface area contributed by atoms with E-state index in [1.54, 1.807) is 0 Å². The van der Waals surface area contributed by atoms with Crippen molar-refractivity contribution in [3.63, 3.8) is 0 Å². The molecule has 0 saturated carbocycles. The second-order valence-corrected chi connectivity index (χ2v) is 14.4. The van der Waals surface area contributed by atoms with Gasteiger partial charge in [0.05, 0.1) is 13.2 Å². The van der Waals surface area contributed by atoms with Crippen LogP contribution in [0.25, 0.3) is 0 Å². The summed E-state index contributed by atoms with van der Waals surface area (Å²) in [4.78, 5) is 12.6. The summed E-state index contributed by atoms with van der Waals surface area (Å²) in [5.41, 5.74) is 0. The zero-order valence-corrected chi connectivity index (χ0v) is 20.0. The average molecular weight is 403 g/mol. The van der Waals surface area contributed by atoms with Crippen LogP contribution in [-0.4, -0.2) is 45.5 Å². The van der Waals surface area contributed by atoms with Gasteiger partial charge in [-0.25, -0.2) is 4.79 Å². The Morgan fingerprint density at radius 1 is 1.11 bits per heavy atom. The monoisotopic (exact) mass is 402 g/mol. The lowest BCUT2D eigenvalue weighted by Gasteiger charge is -2.40. The third-order valence-corrected chi connectivity index (χ3v) is 10.2. The smallest absolute Gasteiger partial charge is 0.336 e. The second-order valence-electron chi connectivity index (χ2n) is 9.66. The van der Waals surface area contributed by atoms with E-state index in [1.807, 2.05) is 13.8 Å². The molecule has 5 nitrogen and oxygen atoms in total. The van der Waals surface area contributed by atoms with E-state index in [2.05, 4.69) is 40.8 Å². The van der Waals surface area contributed by atoms with Gasteiger partial charge in [-0.1, -0.05) is 59.8 Å². The van der Waals surface area contributed by atoms with E-state index in [4.69, 9.17) is 18.6 Å². The first-order valence-electron chi connectivity index (χ1n) is 10.5. The first-order valence-corrected chi connectivity index (χ1v) is 13.4. The molecule has 1 aliphatic heterocycles. The summed E-state index contributed by atoms with van der Waals surface area (Å²) in [6.45, 7) is 16.8. The fraction of sp³-hybridized carbons (Fsp3) is 0.952. The van der Waals surface area contributed by atoms with Crippen molar-refractivity contribution in [2.75, 3.05) is 7.11 Å². The van der Waals surface area contributed by atoms with Crippen LogP contribution in [0.1, 0.15) is 80.1 Å². The minimum Gasteiger partial charge on any atom is -0.467 e. The fourth-order valence-electron chi connectivity index (χ4n) is 3.15. The van der Waals surface area contributed by atoms with Gasteiger partial charge in [-0.15, -0.1) is 0 Å². The van der Waals surface area contributed by atoms with Crippen LogP contribution in [-0.2, 0) is 23.4 Å². The van der Waals surface area contributed by atoms with Gasteiger partial charge in [0, 0.05) is 0 Å². The number of rotatable bonds is 10. The summed E-state index contributed by atoms with van der Waals surface area (Å²) in [6.07, 6.45) is 5.48. The lowest BCUT2D eigenvalue weighted by Crippen LogP contribution is -2.52. The molecular weight excluding hydrogens is 360 g/mol. The predicted octanol–water partition coefficient (Wildman–Crippen LogP) is 5.43. The average Bonchev–Trinajstić information content (AvgIpc) is 2.85. The molecule has 27 heavy (non-hydrogen) atoms. The van der Waals surface area contributed by atoms with E-state index in [1.165, 1.54) is 32.8 Å². The molecule has 3 atom stereocenters. The highest BCUT2D eigenvalue weighted by atomic mass is 28.4. The van der Waals surface area contributed by atoms with Gasteiger partial charge in [0.1, 0.15) is 6.10 Å². The van der Waals surface area contributed by atoms with Crippen molar-refractivity contribution in [3.8, 4) is 0 Å². The predicted molar refractivity (Wildman–Crippen MR) is 111 cm³/mol. The molecule has 1 heterocycles. The van der Waals surface area contributed by atoms with Crippen molar-refractivity contribution in [2.24, 2.45) is 0 Å². The molecule has 0 radical (unpaired) electrons. The Kier molecular flexibility index (Phi) is 8.98. The molecule has 1 aliphatic rings. The van der Waals surface area contributed by atoms with E-state index >= 15 is 0 Å². The van der Waals surface area contributed by atoms with Crippen LogP contribution in [0.15, 0.2) is 0 Å². The van der Waals surface area contributed by atoms with Crippen molar-refractivity contribution in [3.05, 3.63) is 0 Å². The quantitative estimate of drug-likeness (QED) is 0.277. The fourth-order valence-corrected chi connectivity index (χ4v) is 4.37. The van der Waals surface area contributed by atoms with E-state index in [-0.39, 0.29) is 17.1 Å². The summed E-state index contributed by atoms with van der Waals surface area (Å²) in [7, 11) is -0.768. The van der Waals surface area contributed by atoms with Crippen LogP contribution >= 0.6 is 0 Å². The molecule has 0 bridgehead atoms. The largest absolute Gasteiger partial charge is 0.467 e. The molecule has 1 fully saturated rings. The summed E-state index contributed by atoms with van der Waals surface area (Å²) >= 11 is 0. The maximum atomic E-state index is 12.6. The molecule has 0 aromatic rings. The number of esters is 1. The molecule has 0 unspecified atom stereocenters. The van der Waals surface area contributed by atoms with Crippen LogP contribution in [0.2, 0.25) is 18.1 Å². The van der Waals surface area contributed by atoms with Crippen LogP contribution in [0.5, 0.6) is 0 Å². The Morgan fingerprint density at radius 2 is 1.70 bits per heavy atom. The highest BCUT2D eigenvalue weighted by Crippen LogP contribution is 2.40. The topological polar surface area (TPSA) is 54.0 Å². The van der Waals surface area contributed by atoms with E-state index in [0.29, 0.717) is 0 Å². The molecule has 1 saturated heterocycles. The van der Waals surface area contributed by atoms with Gasteiger partial charge in [-0.3, -0.25) is 0 Å². The zero-order valence-electron chi connectivity index (χ0n) is 19.0. The van der Waals surface area contributed by atoms with Crippen molar-refractivity contribution < 1.29 is 23.4 Å².